The van der Waals surface area contributed by atoms with Crippen molar-refractivity contribution >= 4 is 65.0 Å². The average molecular weight is 529 g/mol. The second kappa shape index (κ2) is 8.55. The van der Waals surface area contributed by atoms with Crippen molar-refractivity contribution in [2.24, 2.45) is 0 Å². The maximum Gasteiger partial charge on any atom is 0.143 e. The molecule has 0 amide bonds. The highest BCUT2D eigenvalue weighted by Gasteiger charge is 2.19. The van der Waals surface area contributed by atoms with Crippen LogP contribution in [0.4, 0.5) is 0 Å². The second-order valence-corrected chi connectivity index (χ2v) is 10.2. The molecule has 0 spiro atoms. The van der Waals surface area contributed by atoms with Crippen molar-refractivity contribution in [3.8, 4) is 22.3 Å². The van der Waals surface area contributed by atoms with E-state index in [-0.39, 0.29) is 45.7 Å². The molecule has 190 valence electrons. The van der Waals surface area contributed by atoms with Gasteiger partial charge in [-0.2, -0.15) is 0 Å². The van der Waals surface area contributed by atoms with E-state index in [1.54, 1.807) is 24.3 Å². The Morgan fingerprint density at radius 3 is 1.56 bits per heavy atom. The van der Waals surface area contributed by atoms with Crippen LogP contribution in [0.1, 0.15) is 11.0 Å². The average Bonchev–Trinajstić information content (AvgIpc) is 3.53. The first-order chi connectivity index (χ1) is 23.7. The minimum atomic E-state index is -0.430. The Hall–Kier alpha value is -5.40. The lowest BCUT2D eigenvalue weighted by molar-refractivity contribution is 0.673. The van der Waals surface area contributed by atoms with Gasteiger partial charge in [-0.25, -0.2) is 0 Å². The summed E-state index contributed by atoms with van der Waals surface area (Å²) in [5.41, 5.74) is 2.97. The lowest BCUT2D eigenvalue weighted by atomic mass is 9.86. The Morgan fingerprint density at radius 2 is 0.927 bits per heavy atom. The first-order valence-electron chi connectivity index (χ1n) is 17.5. The lowest BCUT2D eigenvalue weighted by Crippen LogP contribution is -1.90. The van der Waals surface area contributed by atoms with Gasteiger partial charge in [-0.05, 0) is 72.1 Å². The van der Waals surface area contributed by atoms with E-state index >= 15 is 0 Å². The van der Waals surface area contributed by atoms with Crippen molar-refractivity contribution in [2.45, 2.75) is 0 Å². The molecule has 0 saturated carbocycles. The fraction of sp³-hybridized carbons (Fsp3) is 0. The maximum absolute atomic E-state index is 9.20. The largest absolute Gasteiger partial charge is 0.455 e. The molecule has 0 fully saturated rings. The minimum Gasteiger partial charge on any atom is -0.455 e. The molecule has 1 nitrogen and oxygen atoms in total. The van der Waals surface area contributed by atoms with E-state index in [0.29, 0.717) is 27.8 Å². The number of furan rings is 1. The van der Waals surface area contributed by atoms with Crippen molar-refractivity contribution in [3.63, 3.8) is 0 Å². The van der Waals surface area contributed by atoms with Gasteiger partial charge in [0.2, 0.25) is 0 Å². The molecule has 0 N–H and O–H groups in total. The molecule has 1 heterocycles. The van der Waals surface area contributed by atoms with Crippen LogP contribution in [0.25, 0.3) is 87.3 Å². The summed E-state index contributed by atoms with van der Waals surface area (Å²) in [6.45, 7) is 0. The summed E-state index contributed by atoms with van der Waals surface area (Å²) in [5.74, 6) is 0. The van der Waals surface area contributed by atoms with Gasteiger partial charge in [-0.3, -0.25) is 0 Å². The summed E-state index contributed by atoms with van der Waals surface area (Å²) in [4.78, 5) is 0. The predicted molar refractivity (Wildman–Crippen MR) is 175 cm³/mol. The molecule has 8 aromatic carbocycles. The van der Waals surface area contributed by atoms with Crippen LogP contribution in [0.5, 0.6) is 0 Å². The Bertz CT molecular complexity index is 2830. The Kier molecular flexibility index (Phi) is 3.34. The van der Waals surface area contributed by atoms with Crippen LogP contribution in [0.2, 0.25) is 0 Å². The zero-order chi connectivity index (χ0) is 33.9. The van der Waals surface area contributed by atoms with Crippen LogP contribution in [-0.4, -0.2) is 0 Å². The molecule has 0 unspecified atom stereocenters. The lowest BCUT2D eigenvalue weighted by Gasteiger charge is -2.17. The smallest absolute Gasteiger partial charge is 0.143 e. The summed E-state index contributed by atoms with van der Waals surface area (Å²) < 4.78 is 77.9. The van der Waals surface area contributed by atoms with Gasteiger partial charge in [-0.1, -0.05) is 133 Å². The van der Waals surface area contributed by atoms with E-state index in [4.69, 9.17) is 12.6 Å². The number of benzene rings is 8. The Balaban J connectivity index is 1.51. The van der Waals surface area contributed by atoms with E-state index in [0.717, 1.165) is 37.9 Å². The normalized spacial score (nSPS) is 14.6. The number of hydrogen-bond acceptors (Lipinski definition) is 1. The number of rotatable bonds is 2. The molecule has 0 aliphatic rings. The predicted octanol–water partition coefficient (Wildman–Crippen LogP) is 11.5. The molecule has 0 aliphatic carbocycles. The van der Waals surface area contributed by atoms with E-state index in [1.165, 1.54) is 0 Å². The topological polar surface area (TPSA) is 13.1 Å². The van der Waals surface area contributed by atoms with Gasteiger partial charge in [0, 0.05) is 16.2 Å². The van der Waals surface area contributed by atoms with Crippen LogP contribution in [0.3, 0.4) is 0 Å². The van der Waals surface area contributed by atoms with Gasteiger partial charge < -0.3 is 4.42 Å². The summed E-state index contributed by atoms with van der Waals surface area (Å²) in [7, 11) is 0. The van der Waals surface area contributed by atoms with Crippen LogP contribution in [0, 0.1) is 0 Å². The van der Waals surface area contributed by atoms with Crippen molar-refractivity contribution < 1.29 is 15.4 Å². The van der Waals surface area contributed by atoms with Gasteiger partial charge >= 0.3 is 0 Å². The minimum absolute atomic E-state index is 0.175. The number of hydrogen-bond donors (Lipinski definition) is 0. The third kappa shape index (κ3) is 3.18. The van der Waals surface area contributed by atoms with Gasteiger partial charge in [0.15, 0.2) is 0 Å². The highest BCUT2D eigenvalue weighted by atomic mass is 16.3. The van der Waals surface area contributed by atoms with Crippen LogP contribution in [-0.2, 0) is 0 Å². The van der Waals surface area contributed by atoms with Gasteiger partial charge in [0.25, 0.3) is 0 Å². The molecule has 41 heavy (non-hydrogen) atoms. The van der Waals surface area contributed by atoms with Gasteiger partial charge in [0.1, 0.15) is 11.2 Å². The molecule has 0 saturated heterocycles. The first kappa shape index (κ1) is 16.0. The second-order valence-electron chi connectivity index (χ2n) is 10.2. The third-order valence-electron chi connectivity index (χ3n) is 8.07. The van der Waals surface area contributed by atoms with E-state index in [1.807, 2.05) is 54.6 Å². The summed E-state index contributed by atoms with van der Waals surface area (Å²) in [6, 6.07) is 28.0. The fourth-order valence-corrected chi connectivity index (χ4v) is 6.37. The summed E-state index contributed by atoms with van der Waals surface area (Å²) >= 11 is 0. The molecule has 1 aromatic heterocycles. The first-order valence-corrected chi connectivity index (χ1v) is 13.5. The quantitative estimate of drug-likeness (QED) is 0.161. The summed E-state index contributed by atoms with van der Waals surface area (Å²) in [5, 5.41) is 6.69. The molecular weight excluding hydrogens is 496 g/mol. The highest BCUT2D eigenvalue weighted by Crippen LogP contribution is 2.46. The fourth-order valence-electron chi connectivity index (χ4n) is 6.37. The molecule has 9 rings (SSSR count). The summed E-state index contributed by atoms with van der Waals surface area (Å²) in [6.07, 6.45) is 0. The third-order valence-corrected chi connectivity index (χ3v) is 8.07. The van der Waals surface area contributed by atoms with Gasteiger partial charge in [0.05, 0.1) is 11.0 Å². The Morgan fingerprint density at radius 1 is 0.415 bits per heavy atom. The van der Waals surface area contributed by atoms with Crippen LogP contribution in [0.15, 0.2) is 150 Å². The van der Waals surface area contributed by atoms with E-state index in [9.17, 15) is 2.74 Å². The van der Waals surface area contributed by atoms with Crippen LogP contribution < -0.4 is 0 Å². The monoisotopic (exact) mass is 528 g/mol. The molecular formula is C40H24O. The van der Waals surface area contributed by atoms with Gasteiger partial charge in [-0.15, -0.1) is 0 Å². The Labute approximate surface area is 248 Å². The zero-order valence-electron chi connectivity index (χ0n) is 29.6. The molecule has 9 aromatic rings. The molecule has 0 atom stereocenters. The van der Waals surface area contributed by atoms with E-state index in [2.05, 4.69) is 18.2 Å². The molecule has 0 bridgehead atoms. The zero-order valence-corrected chi connectivity index (χ0v) is 21.6. The molecule has 1 heteroatoms. The standard InChI is InChI=1S/C40H24O/c1-2-12-25(13-3-1)37-30-17-7-9-19-32(30)38(33-20-10-8-18-31(33)37)26-22-23-35-36(24-26)41-40-34-21-11-5-15-28(34)27-14-4-6-16-29(27)39(35)40/h1-24H/i7D,8D,9D,10D,17D,18D,19D,20D. The maximum atomic E-state index is 9.20. The van der Waals surface area contributed by atoms with E-state index < -0.39 is 24.2 Å². The van der Waals surface area contributed by atoms with Crippen molar-refractivity contribution in [3.05, 3.63) is 145 Å². The van der Waals surface area contributed by atoms with Crippen molar-refractivity contribution in [1.29, 1.82) is 0 Å². The molecule has 0 aliphatic heterocycles. The van der Waals surface area contributed by atoms with Crippen molar-refractivity contribution in [2.75, 3.05) is 0 Å². The van der Waals surface area contributed by atoms with Crippen LogP contribution >= 0.6 is 0 Å². The number of fused-ring (bicyclic) bond motifs is 10. The highest BCUT2D eigenvalue weighted by molar-refractivity contribution is 6.30. The van der Waals surface area contributed by atoms with Crippen molar-refractivity contribution in [1.82, 2.24) is 0 Å². The SMILES string of the molecule is [2H]c1c([2H])c([2H])c2c(-c3ccc4c(c3)oc3c5ccccc5c5ccccc5c43)c3c([2H])c([2H])c([2H])c([2H])c3c(-c3ccccc3)c2c1[2H]. The molecule has 0 radical (unpaired) electrons.